The van der Waals surface area contributed by atoms with Crippen LogP contribution < -0.4 is 11.3 Å². The minimum atomic E-state index is -0.398. The second-order valence-electron chi connectivity index (χ2n) is 8.11. The van der Waals surface area contributed by atoms with E-state index in [-0.39, 0.29) is 5.95 Å². The Balaban J connectivity index is 1.34. The van der Waals surface area contributed by atoms with Crippen molar-refractivity contribution < 1.29 is 0 Å². The molecular weight excluding hydrogens is 430 g/mol. The lowest BCUT2D eigenvalue weighted by atomic mass is 10.1. The molecule has 166 valence electrons. The molecule has 0 unspecified atom stereocenters. The Labute approximate surface area is 193 Å². The number of nitrogens with two attached hydrogens (primary N) is 1. The van der Waals surface area contributed by atoms with Gasteiger partial charge in [0, 0.05) is 12.1 Å². The Kier molecular flexibility index (Phi) is 4.69. The van der Waals surface area contributed by atoms with E-state index in [4.69, 9.17) is 5.73 Å². The van der Waals surface area contributed by atoms with E-state index in [1.54, 1.807) is 10.9 Å². The van der Waals surface area contributed by atoms with Gasteiger partial charge in [-0.25, -0.2) is 4.98 Å². The summed E-state index contributed by atoms with van der Waals surface area (Å²) >= 11 is 0. The van der Waals surface area contributed by atoms with Crippen LogP contribution in [0.3, 0.4) is 0 Å². The summed E-state index contributed by atoms with van der Waals surface area (Å²) in [7, 11) is 0. The van der Waals surface area contributed by atoms with Crippen LogP contribution in [-0.2, 0) is 13.1 Å². The molecule has 1 aliphatic heterocycles. The number of imidazole rings is 1. The molecule has 3 aromatic carbocycles. The minimum absolute atomic E-state index is 0.121. The van der Waals surface area contributed by atoms with Gasteiger partial charge >= 0.3 is 5.56 Å². The summed E-state index contributed by atoms with van der Waals surface area (Å²) in [4.78, 5) is 21.4. The second-order valence-corrected chi connectivity index (χ2v) is 8.11. The van der Waals surface area contributed by atoms with Crippen LogP contribution in [0.2, 0.25) is 0 Å². The molecule has 0 radical (unpaired) electrons. The number of anilines is 1. The first-order valence-electron chi connectivity index (χ1n) is 10.7. The van der Waals surface area contributed by atoms with Crippen molar-refractivity contribution in [3.05, 3.63) is 100 Å². The number of rotatable bonds is 5. The van der Waals surface area contributed by atoms with Crippen LogP contribution in [-0.4, -0.2) is 19.1 Å². The van der Waals surface area contributed by atoms with E-state index >= 15 is 0 Å². The van der Waals surface area contributed by atoms with Crippen molar-refractivity contribution in [2.75, 3.05) is 5.73 Å². The zero-order chi connectivity index (χ0) is 23.1. The Hall–Kier alpha value is -4.73. The summed E-state index contributed by atoms with van der Waals surface area (Å²) in [5.74, 6) is 0.121. The Morgan fingerprint density at radius 2 is 1.59 bits per heavy atom. The summed E-state index contributed by atoms with van der Waals surface area (Å²) in [6.07, 6.45) is 1.27. The molecular formula is C24H19N9O. The normalized spacial score (nSPS) is 13.4. The van der Waals surface area contributed by atoms with Gasteiger partial charge in [0.25, 0.3) is 0 Å². The topological polar surface area (TPSA) is 128 Å². The lowest BCUT2D eigenvalue weighted by molar-refractivity contribution is 0.760. The molecule has 0 spiro atoms. The van der Waals surface area contributed by atoms with Gasteiger partial charge in [-0.05, 0) is 38.4 Å². The van der Waals surface area contributed by atoms with Gasteiger partial charge in [0.15, 0.2) is 11.2 Å². The maximum atomic E-state index is 12.8. The van der Waals surface area contributed by atoms with E-state index in [2.05, 4.69) is 61.0 Å². The van der Waals surface area contributed by atoms with Crippen LogP contribution >= 0.6 is 0 Å². The van der Waals surface area contributed by atoms with Gasteiger partial charge in [-0.2, -0.15) is 4.98 Å². The lowest BCUT2D eigenvalue weighted by Crippen LogP contribution is -2.20. The number of aromatic nitrogens is 4. The number of hydrogen-bond donors (Lipinski definition) is 1. The molecule has 0 amide bonds. The van der Waals surface area contributed by atoms with Gasteiger partial charge < -0.3 is 10.3 Å². The minimum Gasteiger partial charge on any atom is -0.369 e. The third kappa shape index (κ3) is 3.51. The largest absolute Gasteiger partial charge is 0.369 e. The lowest BCUT2D eigenvalue weighted by Gasteiger charge is -2.12. The highest BCUT2D eigenvalue weighted by molar-refractivity contribution is 5.83. The molecule has 0 saturated heterocycles. The highest BCUT2D eigenvalue weighted by Gasteiger charge is 2.16. The van der Waals surface area contributed by atoms with E-state index < -0.39 is 11.7 Å². The Morgan fingerprint density at radius 1 is 0.853 bits per heavy atom. The molecule has 0 saturated carbocycles. The van der Waals surface area contributed by atoms with Gasteiger partial charge in [0.05, 0.1) is 12.9 Å². The van der Waals surface area contributed by atoms with Crippen molar-refractivity contribution in [2.24, 2.45) is 20.7 Å². The highest BCUT2D eigenvalue weighted by Crippen LogP contribution is 2.25. The van der Waals surface area contributed by atoms with E-state index in [0.717, 1.165) is 22.1 Å². The molecule has 6 rings (SSSR count). The van der Waals surface area contributed by atoms with Crippen molar-refractivity contribution in [2.45, 2.75) is 19.3 Å². The molecule has 0 bridgehead atoms. The predicted octanol–water partition coefficient (Wildman–Crippen LogP) is 4.26. The molecule has 10 heteroatoms. The predicted molar refractivity (Wildman–Crippen MR) is 127 cm³/mol. The zero-order valence-corrected chi connectivity index (χ0v) is 18.0. The number of benzene rings is 3. The summed E-state index contributed by atoms with van der Waals surface area (Å²) in [5, 5.41) is 17.3. The third-order valence-corrected chi connectivity index (χ3v) is 5.92. The molecule has 2 N–H and O–H groups in total. The van der Waals surface area contributed by atoms with Crippen LogP contribution in [0.5, 0.6) is 0 Å². The molecule has 0 aliphatic carbocycles. The van der Waals surface area contributed by atoms with Crippen LogP contribution in [0.15, 0.2) is 98.5 Å². The van der Waals surface area contributed by atoms with Gasteiger partial charge in [0.1, 0.15) is 0 Å². The fourth-order valence-electron chi connectivity index (χ4n) is 4.20. The average molecular weight is 449 g/mol. The molecule has 2 aromatic heterocycles. The number of nitrogen functional groups attached to an aromatic ring is 1. The average Bonchev–Trinajstić information content (AvgIpc) is 3.53. The maximum Gasteiger partial charge on any atom is 0.300 e. The van der Waals surface area contributed by atoms with E-state index in [9.17, 15) is 4.79 Å². The summed E-state index contributed by atoms with van der Waals surface area (Å²) in [6, 6.07) is 22.2. The summed E-state index contributed by atoms with van der Waals surface area (Å²) < 4.78 is 3.57. The summed E-state index contributed by atoms with van der Waals surface area (Å²) in [6.45, 7) is 0.915. The van der Waals surface area contributed by atoms with Crippen LogP contribution in [0.1, 0.15) is 22.9 Å². The monoisotopic (exact) mass is 449 g/mol. The highest BCUT2D eigenvalue weighted by atomic mass is 16.1. The Morgan fingerprint density at radius 3 is 2.38 bits per heavy atom. The molecule has 0 fully saturated rings. The molecule has 3 heterocycles. The molecule has 1 aliphatic rings. The summed E-state index contributed by atoms with van der Waals surface area (Å²) in [5.41, 5.74) is 9.60. The first kappa shape index (κ1) is 19.9. The zero-order valence-electron chi connectivity index (χ0n) is 18.0. The molecule has 34 heavy (non-hydrogen) atoms. The third-order valence-electron chi connectivity index (χ3n) is 5.92. The van der Waals surface area contributed by atoms with Crippen LogP contribution in [0.25, 0.3) is 21.9 Å². The Bertz CT molecular complexity index is 1640. The quantitative estimate of drug-likeness (QED) is 0.430. The van der Waals surface area contributed by atoms with Crippen molar-refractivity contribution >= 4 is 27.9 Å². The van der Waals surface area contributed by atoms with Gasteiger partial charge in [-0.3, -0.25) is 9.36 Å². The van der Waals surface area contributed by atoms with Crippen LogP contribution in [0.4, 0.5) is 5.95 Å². The first-order valence-corrected chi connectivity index (χ1v) is 10.7. The molecule has 10 nitrogen and oxygen atoms in total. The molecule has 0 atom stereocenters. The van der Waals surface area contributed by atoms with Crippen LogP contribution in [0, 0.1) is 0 Å². The first-order chi connectivity index (χ1) is 16.7. The number of hydrogen-bond acceptors (Lipinski definition) is 8. The van der Waals surface area contributed by atoms with Gasteiger partial charge in [0.2, 0.25) is 12.1 Å². The number of fused-ring (bicyclic) bond motifs is 2. The van der Waals surface area contributed by atoms with Crippen molar-refractivity contribution in [3.8, 4) is 0 Å². The molecule has 5 aromatic rings. The van der Waals surface area contributed by atoms with E-state index in [0.29, 0.717) is 24.3 Å². The van der Waals surface area contributed by atoms with E-state index in [1.165, 1.54) is 5.39 Å². The fourth-order valence-corrected chi connectivity index (χ4v) is 4.20. The van der Waals surface area contributed by atoms with Crippen molar-refractivity contribution in [1.29, 1.82) is 0 Å². The smallest absolute Gasteiger partial charge is 0.300 e. The van der Waals surface area contributed by atoms with E-state index in [1.807, 2.05) is 41.0 Å². The van der Waals surface area contributed by atoms with Gasteiger partial charge in [-0.15, -0.1) is 10.2 Å². The van der Waals surface area contributed by atoms with Crippen molar-refractivity contribution in [3.63, 3.8) is 0 Å². The number of nitrogens with zero attached hydrogens (tertiary/aromatic N) is 8. The van der Waals surface area contributed by atoms with Crippen molar-refractivity contribution in [1.82, 2.24) is 19.1 Å². The van der Waals surface area contributed by atoms with Gasteiger partial charge in [-0.1, -0.05) is 60.7 Å². The second kappa shape index (κ2) is 8.00. The fraction of sp³-hybridized carbons (Fsp3) is 0.125. The standard InChI is InChI=1S/C24H19N9O/c25-24-27-23(34)20-22(33(24)13-15-5-9-18(10-6-15)21-28-30-31-29-21)26-14-32(20)12-16-7-8-17-3-1-2-4-19(17)11-16/h1-11,14,21H,12-13H2,(H2,25,27,34). The maximum absolute atomic E-state index is 12.8. The SMILES string of the molecule is Nc1nc(=O)c2c(ncn2Cc2ccc3ccccc3c2)n1Cc1ccc(C2N=NN=N2)cc1.